The zero-order valence-corrected chi connectivity index (χ0v) is 11.8. The van der Waals surface area contributed by atoms with Crippen LogP contribution in [0.15, 0.2) is 36.5 Å². The average Bonchev–Trinajstić information content (AvgIpc) is 2.87. The van der Waals surface area contributed by atoms with Gasteiger partial charge in [-0.3, -0.25) is 5.10 Å². The summed E-state index contributed by atoms with van der Waals surface area (Å²) in [5.74, 6) is 0.788. The maximum atomic E-state index is 4.16. The first kappa shape index (κ1) is 13.8. The monoisotopic (exact) mass is 257 g/mol. The summed E-state index contributed by atoms with van der Waals surface area (Å²) < 4.78 is 0. The Labute approximate surface area is 115 Å². The molecular weight excluding hydrogens is 234 g/mol. The zero-order valence-electron chi connectivity index (χ0n) is 11.8. The Kier molecular flexibility index (Phi) is 5.16. The minimum absolute atomic E-state index is 0.788. The van der Waals surface area contributed by atoms with Crippen LogP contribution in [0.1, 0.15) is 32.3 Å². The molecule has 0 radical (unpaired) electrons. The van der Waals surface area contributed by atoms with Crippen molar-refractivity contribution < 1.29 is 0 Å². The number of nitrogens with one attached hydrogen (secondary N) is 2. The molecule has 0 aliphatic carbocycles. The normalized spacial score (nSPS) is 11.1. The van der Waals surface area contributed by atoms with E-state index >= 15 is 0 Å². The Morgan fingerprint density at radius 3 is 2.74 bits per heavy atom. The van der Waals surface area contributed by atoms with Crippen molar-refractivity contribution in [3.05, 3.63) is 42.1 Å². The quantitative estimate of drug-likeness (QED) is 0.744. The third kappa shape index (κ3) is 4.21. The molecule has 3 heteroatoms. The van der Waals surface area contributed by atoms with Crippen LogP contribution >= 0.6 is 0 Å². The molecule has 0 amide bonds. The van der Waals surface area contributed by atoms with Crippen molar-refractivity contribution in [2.45, 2.75) is 33.2 Å². The summed E-state index contributed by atoms with van der Waals surface area (Å²) in [6.45, 7) is 6.48. The van der Waals surface area contributed by atoms with Crippen molar-refractivity contribution in [2.24, 2.45) is 5.92 Å². The molecule has 0 spiro atoms. The second-order valence-corrected chi connectivity index (χ2v) is 5.35. The Hall–Kier alpha value is -1.61. The number of rotatable bonds is 7. The van der Waals surface area contributed by atoms with E-state index in [2.05, 4.69) is 53.6 Å². The van der Waals surface area contributed by atoms with Crippen LogP contribution < -0.4 is 5.32 Å². The average molecular weight is 257 g/mol. The highest BCUT2D eigenvalue weighted by molar-refractivity contribution is 5.62. The number of nitrogens with zero attached hydrogens (tertiary/aromatic N) is 1. The highest BCUT2D eigenvalue weighted by Crippen LogP contribution is 2.20. The van der Waals surface area contributed by atoms with E-state index in [1.54, 1.807) is 0 Å². The molecule has 0 bridgehead atoms. The van der Waals surface area contributed by atoms with E-state index in [0.717, 1.165) is 24.7 Å². The van der Waals surface area contributed by atoms with Crippen LogP contribution in [0.25, 0.3) is 11.3 Å². The van der Waals surface area contributed by atoms with Gasteiger partial charge >= 0.3 is 0 Å². The Balaban J connectivity index is 1.87. The van der Waals surface area contributed by atoms with Gasteiger partial charge in [0.1, 0.15) is 0 Å². The molecule has 102 valence electrons. The molecular formula is C16H23N3. The van der Waals surface area contributed by atoms with E-state index in [1.807, 2.05) is 12.3 Å². The van der Waals surface area contributed by atoms with Crippen LogP contribution in [0.2, 0.25) is 0 Å². The molecule has 0 aliphatic heterocycles. The van der Waals surface area contributed by atoms with E-state index in [0.29, 0.717) is 0 Å². The summed E-state index contributed by atoms with van der Waals surface area (Å²) in [5.41, 5.74) is 3.55. The van der Waals surface area contributed by atoms with Crippen molar-refractivity contribution in [1.29, 1.82) is 0 Å². The topological polar surface area (TPSA) is 40.7 Å². The van der Waals surface area contributed by atoms with Gasteiger partial charge in [-0.2, -0.15) is 5.10 Å². The predicted octanol–water partition coefficient (Wildman–Crippen LogP) is 3.60. The fraction of sp³-hybridized carbons (Fsp3) is 0.438. The summed E-state index contributed by atoms with van der Waals surface area (Å²) in [6, 6.07) is 10.3. The van der Waals surface area contributed by atoms with Gasteiger partial charge in [0, 0.05) is 12.1 Å². The molecule has 0 saturated heterocycles. The summed E-state index contributed by atoms with van der Waals surface area (Å²) in [6.07, 6.45) is 4.43. The molecule has 2 N–H and O–H groups in total. The van der Waals surface area contributed by atoms with Gasteiger partial charge in [-0.05, 0) is 30.9 Å². The van der Waals surface area contributed by atoms with Crippen LogP contribution in [0.3, 0.4) is 0 Å². The minimum Gasteiger partial charge on any atom is -0.313 e. The lowest BCUT2D eigenvalue weighted by atomic mass is 10.1. The van der Waals surface area contributed by atoms with Crippen molar-refractivity contribution in [3.63, 3.8) is 0 Å². The molecule has 2 rings (SSSR count). The highest BCUT2D eigenvalue weighted by atomic mass is 15.1. The number of hydrogen-bond donors (Lipinski definition) is 2. The molecule has 1 aromatic carbocycles. The SMILES string of the molecule is CC(C)CCCNCc1cn[nH]c1-c1ccccc1. The van der Waals surface area contributed by atoms with Crippen LogP contribution in [0.5, 0.6) is 0 Å². The van der Waals surface area contributed by atoms with Crippen molar-refractivity contribution >= 4 is 0 Å². The maximum Gasteiger partial charge on any atom is 0.0695 e. The predicted molar refractivity (Wildman–Crippen MR) is 79.8 cm³/mol. The van der Waals surface area contributed by atoms with E-state index in [1.165, 1.54) is 24.0 Å². The molecule has 1 heterocycles. The van der Waals surface area contributed by atoms with Gasteiger partial charge in [0.25, 0.3) is 0 Å². The van der Waals surface area contributed by atoms with Crippen molar-refractivity contribution in [1.82, 2.24) is 15.5 Å². The van der Waals surface area contributed by atoms with Crippen LogP contribution in [-0.4, -0.2) is 16.7 Å². The van der Waals surface area contributed by atoms with Gasteiger partial charge in [0.2, 0.25) is 0 Å². The largest absolute Gasteiger partial charge is 0.313 e. The fourth-order valence-corrected chi connectivity index (χ4v) is 2.16. The van der Waals surface area contributed by atoms with Gasteiger partial charge in [0.15, 0.2) is 0 Å². The molecule has 3 nitrogen and oxygen atoms in total. The van der Waals surface area contributed by atoms with Gasteiger partial charge in [-0.15, -0.1) is 0 Å². The molecule has 0 saturated carbocycles. The molecule has 0 atom stereocenters. The number of H-pyrrole nitrogens is 1. The zero-order chi connectivity index (χ0) is 13.5. The Morgan fingerprint density at radius 1 is 1.21 bits per heavy atom. The van der Waals surface area contributed by atoms with Crippen LogP contribution in [0, 0.1) is 5.92 Å². The summed E-state index contributed by atoms with van der Waals surface area (Å²) in [4.78, 5) is 0. The van der Waals surface area contributed by atoms with Gasteiger partial charge in [-0.25, -0.2) is 0 Å². The number of hydrogen-bond acceptors (Lipinski definition) is 2. The second kappa shape index (κ2) is 7.10. The van der Waals surface area contributed by atoms with E-state index < -0.39 is 0 Å². The van der Waals surface area contributed by atoms with E-state index in [4.69, 9.17) is 0 Å². The standard InChI is InChI=1S/C16H23N3/c1-13(2)7-6-10-17-11-15-12-18-19-16(15)14-8-4-3-5-9-14/h3-5,8-9,12-13,17H,6-7,10-11H2,1-2H3,(H,18,19). The molecule has 1 aromatic heterocycles. The first-order chi connectivity index (χ1) is 9.27. The maximum absolute atomic E-state index is 4.16. The summed E-state index contributed by atoms with van der Waals surface area (Å²) in [5, 5.41) is 10.7. The summed E-state index contributed by atoms with van der Waals surface area (Å²) >= 11 is 0. The number of aromatic nitrogens is 2. The van der Waals surface area contributed by atoms with Crippen LogP contribution in [0.4, 0.5) is 0 Å². The van der Waals surface area contributed by atoms with Crippen molar-refractivity contribution in [2.75, 3.05) is 6.54 Å². The minimum atomic E-state index is 0.788. The highest BCUT2D eigenvalue weighted by Gasteiger charge is 2.06. The lowest BCUT2D eigenvalue weighted by molar-refractivity contribution is 0.527. The molecule has 2 aromatic rings. The third-order valence-electron chi connectivity index (χ3n) is 3.23. The lowest BCUT2D eigenvalue weighted by Gasteiger charge is -2.07. The molecule has 0 fully saturated rings. The number of aromatic amines is 1. The Bertz CT molecular complexity index is 474. The van der Waals surface area contributed by atoms with E-state index in [9.17, 15) is 0 Å². The molecule has 0 aliphatic rings. The lowest BCUT2D eigenvalue weighted by Crippen LogP contribution is -2.15. The van der Waals surface area contributed by atoms with Crippen molar-refractivity contribution in [3.8, 4) is 11.3 Å². The second-order valence-electron chi connectivity index (χ2n) is 5.35. The van der Waals surface area contributed by atoms with E-state index in [-0.39, 0.29) is 0 Å². The Morgan fingerprint density at radius 2 is 2.00 bits per heavy atom. The fourth-order valence-electron chi connectivity index (χ4n) is 2.16. The van der Waals surface area contributed by atoms with Gasteiger partial charge in [0.05, 0.1) is 11.9 Å². The third-order valence-corrected chi connectivity index (χ3v) is 3.23. The van der Waals surface area contributed by atoms with Crippen LogP contribution in [-0.2, 0) is 6.54 Å². The number of benzene rings is 1. The molecule has 0 unspecified atom stereocenters. The smallest absolute Gasteiger partial charge is 0.0695 e. The first-order valence-corrected chi connectivity index (χ1v) is 7.05. The first-order valence-electron chi connectivity index (χ1n) is 7.05. The van der Waals surface area contributed by atoms with Gasteiger partial charge < -0.3 is 5.32 Å². The van der Waals surface area contributed by atoms with Gasteiger partial charge in [-0.1, -0.05) is 44.2 Å². The molecule has 19 heavy (non-hydrogen) atoms. The summed E-state index contributed by atoms with van der Waals surface area (Å²) in [7, 11) is 0.